The molecule has 110 valence electrons. The molecular formula is C15H29N3O. The summed E-state index contributed by atoms with van der Waals surface area (Å²) in [6.45, 7) is 5.72. The average Bonchev–Trinajstić information content (AvgIpc) is 2.67. The van der Waals surface area contributed by atoms with Crippen molar-refractivity contribution in [3.63, 3.8) is 0 Å². The van der Waals surface area contributed by atoms with Crippen molar-refractivity contribution >= 4 is 5.91 Å². The van der Waals surface area contributed by atoms with Crippen molar-refractivity contribution in [2.75, 3.05) is 13.1 Å². The predicted octanol–water partition coefficient (Wildman–Crippen LogP) is 1.64. The van der Waals surface area contributed by atoms with Crippen LogP contribution in [0.4, 0.5) is 0 Å². The van der Waals surface area contributed by atoms with Crippen LogP contribution in [0.25, 0.3) is 0 Å². The molecule has 1 saturated heterocycles. The quantitative estimate of drug-likeness (QED) is 0.748. The van der Waals surface area contributed by atoms with E-state index in [1.165, 1.54) is 38.5 Å². The first-order valence-electron chi connectivity index (χ1n) is 7.82. The fourth-order valence-corrected chi connectivity index (χ4v) is 3.79. The number of nitrogens with two attached hydrogens (primary N) is 1. The summed E-state index contributed by atoms with van der Waals surface area (Å²) in [6, 6.07) is 0.371. The van der Waals surface area contributed by atoms with Gasteiger partial charge in [-0.3, -0.25) is 9.69 Å². The van der Waals surface area contributed by atoms with Crippen molar-refractivity contribution in [2.24, 2.45) is 5.73 Å². The number of rotatable bonds is 2. The third-order valence-electron chi connectivity index (χ3n) is 4.81. The Morgan fingerprint density at radius 3 is 2.47 bits per heavy atom. The van der Waals surface area contributed by atoms with Gasteiger partial charge in [0.25, 0.3) is 0 Å². The second-order valence-corrected chi connectivity index (χ2v) is 6.66. The number of hydrogen-bond acceptors (Lipinski definition) is 3. The summed E-state index contributed by atoms with van der Waals surface area (Å²) in [7, 11) is 0. The van der Waals surface area contributed by atoms with Gasteiger partial charge in [0.1, 0.15) is 6.04 Å². The zero-order valence-corrected chi connectivity index (χ0v) is 12.5. The summed E-state index contributed by atoms with van der Waals surface area (Å²) in [4.78, 5) is 14.7. The zero-order chi connectivity index (χ0) is 13.9. The van der Waals surface area contributed by atoms with Crippen molar-refractivity contribution in [2.45, 2.75) is 76.4 Å². The van der Waals surface area contributed by atoms with E-state index in [4.69, 9.17) is 5.73 Å². The van der Waals surface area contributed by atoms with Gasteiger partial charge in [-0.05, 0) is 33.1 Å². The SMILES string of the molecule is CC1(C)CCNC(=O)C(CN)N1C1CCCCCC1. The van der Waals surface area contributed by atoms with E-state index >= 15 is 0 Å². The Morgan fingerprint density at radius 2 is 1.89 bits per heavy atom. The molecule has 2 rings (SSSR count). The number of amides is 1. The molecule has 3 N–H and O–H groups in total. The van der Waals surface area contributed by atoms with E-state index in [9.17, 15) is 4.79 Å². The third kappa shape index (κ3) is 3.29. The molecule has 1 heterocycles. The second kappa shape index (κ2) is 6.23. The Kier molecular flexibility index (Phi) is 4.85. The van der Waals surface area contributed by atoms with Gasteiger partial charge in [-0.2, -0.15) is 0 Å². The van der Waals surface area contributed by atoms with Crippen LogP contribution in [0.15, 0.2) is 0 Å². The molecule has 19 heavy (non-hydrogen) atoms. The molecule has 1 unspecified atom stereocenters. The van der Waals surface area contributed by atoms with Crippen molar-refractivity contribution in [3.05, 3.63) is 0 Å². The van der Waals surface area contributed by atoms with E-state index in [2.05, 4.69) is 24.1 Å². The molecule has 2 aliphatic rings. The zero-order valence-electron chi connectivity index (χ0n) is 12.5. The van der Waals surface area contributed by atoms with Crippen LogP contribution in [0.3, 0.4) is 0 Å². The first-order chi connectivity index (χ1) is 9.06. The van der Waals surface area contributed by atoms with E-state index in [1.54, 1.807) is 0 Å². The van der Waals surface area contributed by atoms with Crippen LogP contribution in [0.5, 0.6) is 0 Å². The summed E-state index contributed by atoms with van der Waals surface area (Å²) >= 11 is 0. The summed E-state index contributed by atoms with van der Waals surface area (Å²) < 4.78 is 0. The van der Waals surface area contributed by atoms with Crippen molar-refractivity contribution in [1.82, 2.24) is 10.2 Å². The summed E-state index contributed by atoms with van der Waals surface area (Å²) in [5.74, 6) is 0.123. The molecule has 1 aliphatic heterocycles. The van der Waals surface area contributed by atoms with Crippen LogP contribution in [0.2, 0.25) is 0 Å². The predicted molar refractivity (Wildman–Crippen MR) is 77.9 cm³/mol. The number of carbonyl (C=O) groups excluding carboxylic acids is 1. The lowest BCUT2D eigenvalue weighted by atomic mass is 9.91. The summed E-state index contributed by atoms with van der Waals surface area (Å²) in [6.07, 6.45) is 8.69. The maximum Gasteiger partial charge on any atom is 0.238 e. The smallest absolute Gasteiger partial charge is 0.238 e. The molecule has 4 heteroatoms. The van der Waals surface area contributed by atoms with Gasteiger partial charge in [0.2, 0.25) is 5.91 Å². The number of carbonyl (C=O) groups is 1. The molecule has 2 fully saturated rings. The van der Waals surface area contributed by atoms with E-state index in [0.29, 0.717) is 12.6 Å². The number of hydrogen-bond donors (Lipinski definition) is 2. The Hall–Kier alpha value is -0.610. The van der Waals surface area contributed by atoms with Gasteiger partial charge in [-0.1, -0.05) is 25.7 Å². The number of nitrogens with one attached hydrogen (secondary N) is 1. The van der Waals surface area contributed by atoms with Gasteiger partial charge < -0.3 is 11.1 Å². The monoisotopic (exact) mass is 267 g/mol. The van der Waals surface area contributed by atoms with Crippen LogP contribution in [0, 0.1) is 0 Å². The Bertz CT molecular complexity index is 309. The van der Waals surface area contributed by atoms with Gasteiger partial charge in [-0.25, -0.2) is 0 Å². The van der Waals surface area contributed by atoms with Gasteiger partial charge >= 0.3 is 0 Å². The van der Waals surface area contributed by atoms with Crippen molar-refractivity contribution < 1.29 is 4.79 Å². The maximum atomic E-state index is 12.2. The van der Waals surface area contributed by atoms with Crippen molar-refractivity contribution in [1.29, 1.82) is 0 Å². The molecule has 0 aromatic rings. The third-order valence-corrected chi connectivity index (χ3v) is 4.81. The molecule has 0 aromatic heterocycles. The lowest BCUT2D eigenvalue weighted by molar-refractivity contribution is -0.128. The standard InChI is InChI=1S/C15H29N3O/c1-15(2)9-10-17-14(19)13(11-16)18(15)12-7-5-3-4-6-8-12/h12-13H,3-11,16H2,1-2H3,(H,17,19). The minimum Gasteiger partial charge on any atom is -0.355 e. The van der Waals surface area contributed by atoms with Crippen LogP contribution >= 0.6 is 0 Å². The molecule has 0 spiro atoms. The highest BCUT2D eigenvalue weighted by Crippen LogP contribution is 2.32. The average molecular weight is 267 g/mol. The maximum absolute atomic E-state index is 12.2. The normalized spacial score (nSPS) is 30.5. The molecule has 0 aromatic carbocycles. The van der Waals surface area contributed by atoms with Gasteiger partial charge in [-0.15, -0.1) is 0 Å². The minimum atomic E-state index is -0.152. The molecule has 4 nitrogen and oxygen atoms in total. The van der Waals surface area contributed by atoms with Crippen LogP contribution in [-0.2, 0) is 4.79 Å². The van der Waals surface area contributed by atoms with Gasteiger partial charge in [0.05, 0.1) is 0 Å². The van der Waals surface area contributed by atoms with Crippen LogP contribution in [0.1, 0.15) is 58.8 Å². The molecule has 1 amide bonds. The van der Waals surface area contributed by atoms with E-state index in [0.717, 1.165) is 13.0 Å². The highest BCUT2D eigenvalue weighted by Gasteiger charge is 2.41. The second-order valence-electron chi connectivity index (χ2n) is 6.66. The fourth-order valence-electron chi connectivity index (χ4n) is 3.79. The molecule has 0 radical (unpaired) electrons. The van der Waals surface area contributed by atoms with Crippen LogP contribution < -0.4 is 11.1 Å². The van der Waals surface area contributed by atoms with Crippen LogP contribution in [-0.4, -0.2) is 41.5 Å². The highest BCUT2D eigenvalue weighted by atomic mass is 16.2. The molecule has 1 aliphatic carbocycles. The molecule has 1 atom stereocenters. The molecular weight excluding hydrogens is 238 g/mol. The lowest BCUT2D eigenvalue weighted by Gasteiger charge is -2.45. The summed E-state index contributed by atoms with van der Waals surface area (Å²) in [5, 5.41) is 3.03. The fraction of sp³-hybridized carbons (Fsp3) is 0.933. The Balaban J connectivity index is 2.24. The number of nitrogens with zero attached hydrogens (tertiary/aromatic N) is 1. The van der Waals surface area contributed by atoms with Gasteiger partial charge in [0.15, 0.2) is 0 Å². The van der Waals surface area contributed by atoms with E-state index < -0.39 is 0 Å². The first-order valence-corrected chi connectivity index (χ1v) is 7.82. The Morgan fingerprint density at radius 1 is 1.26 bits per heavy atom. The van der Waals surface area contributed by atoms with E-state index in [1.807, 2.05) is 0 Å². The lowest BCUT2D eigenvalue weighted by Crippen LogP contribution is -2.59. The Labute approximate surface area is 117 Å². The first kappa shape index (κ1) is 14.8. The van der Waals surface area contributed by atoms with Crippen molar-refractivity contribution in [3.8, 4) is 0 Å². The topological polar surface area (TPSA) is 58.4 Å². The summed E-state index contributed by atoms with van der Waals surface area (Å²) in [5.41, 5.74) is 5.97. The largest absolute Gasteiger partial charge is 0.355 e. The minimum absolute atomic E-state index is 0.0538. The van der Waals surface area contributed by atoms with Gasteiger partial charge in [0, 0.05) is 24.7 Å². The van der Waals surface area contributed by atoms with E-state index in [-0.39, 0.29) is 17.5 Å². The molecule has 0 bridgehead atoms. The highest BCUT2D eigenvalue weighted by molar-refractivity contribution is 5.82. The molecule has 1 saturated carbocycles.